The van der Waals surface area contributed by atoms with E-state index >= 15 is 0 Å². The standard InChI is InChI=1S/C16H17BN2O4/c18-15(20)10-14(17(22)23)19-16(21)13-8-6-12(7-9-13)11-4-2-1-3-5-11/h1-9,14,22-23H,10H2,(H2,18,20)(H,19,21)/t14-/m0/s1. The smallest absolute Gasteiger partial charge is 0.426 e. The van der Waals surface area contributed by atoms with E-state index in [9.17, 15) is 19.6 Å². The molecule has 5 N–H and O–H groups in total. The zero-order valence-corrected chi connectivity index (χ0v) is 12.3. The Morgan fingerprint density at radius 2 is 1.57 bits per heavy atom. The summed E-state index contributed by atoms with van der Waals surface area (Å²) in [6, 6.07) is 16.5. The number of rotatable bonds is 6. The molecule has 0 heterocycles. The third-order valence-corrected chi connectivity index (χ3v) is 3.35. The number of hydrogen-bond acceptors (Lipinski definition) is 4. The van der Waals surface area contributed by atoms with Crippen molar-refractivity contribution in [2.24, 2.45) is 5.73 Å². The van der Waals surface area contributed by atoms with Crippen LogP contribution in [0.1, 0.15) is 16.8 Å². The number of nitrogens with two attached hydrogens (primary N) is 1. The maximum Gasteiger partial charge on any atom is 0.476 e. The molecule has 0 spiro atoms. The lowest BCUT2D eigenvalue weighted by atomic mass is 9.77. The Kier molecular flexibility index (Phi) is 5.51. The Morgan fingerprint density at radius 3 is 2.09 bits per heavy atom. The van der Waals surface area contributed by atoms with Crippen molar-refractivity contribution in [2.75, 3.05) is 0 Å². The van der Waals surface area contributed by atoms with Crippen LogP contribution in [0, 0.1) is 0 Å². The first-order valence-electron chi connectivity index (χ1n) is 7.08. The number of carbonyl (C=O) groups excluding carboxylic acids is 2. The molecule has 23 heavy (non-hydrogen) atoms. The van der Waals surface area contributed by atoms with Crippen molar-refractivity contribution < 1.29 is 19.6 Å². The van der Waals surface area contributed by atoms with E-state index in [1.54, 1.807) is 24.3 Å². The fourth-order valence-corrected chi connectivity index (χ4v) is 2.14. The minimum atomic E-state index is -1.87. The molecule has 0 saturated carbocycles. The summed E-state index contributed by atoms with van der Waals surface area (Å²) in [7, 11) is -1.87. The van der Waals surface area contributed by atoms with Gasteiger partial charge in [-0.15, -0.1) is 0 Å². The van der Waals surface area contributed by atoms with E-state index in [4.69, 9.17) is 5.73 Å². The molecule has 2 rings (SSSR count). The Balaban J connectivity index is 2.09. The average Bonchev–Trinajstić information content (AvgIpc) is 2.54. The highest BCUT2D eigenvalue weighted by molar-refractivity contribution is 6.44. The summed E-state index contributed by atoms with van der Waals surface area (Å²) in [5.74, 6) is -2.39. The first-order chi connectivity index (χ1) is 11.0. The molecule has 0 fully saturated rings. The van der Waals surface area contributed by atoms with Gasteiger partial charge in [0.2, 0.25) is 5.91 Å². The quantitative estimate of drug-likeness (QED) is 0.576. The molecule has 2 aromatic rings. The van der Waals surface area contributed by atoms with Gasteiger partial charge in [-0.05, 0) is 23.3 Å². The van der Waals surface area contributed by atoms with Crippen LogP contribution in [-0.4, -0.2) is 34.9 Å². The number of carbonyl (C=O) groups is 2. The maximum atomic E-state index is 12.1. The fraction of sp³-hybridized carbons (Fsp3) is 0.125. The molecule has 0 radical (unpaired) electrons. The topological polar surface area (TPSA) is 113 Å². The SMILES string of the molecule is NC(=O)C[C@H](NC(=O)c1ccc(-c2ccccc2)cc1)B(O)O. The normalized spacial score (nSPS) is 11.6. The molecule has 0 aliphatic rings. The molecule has 118 valence electrons. The van der Waals surface area contributed by atoms with Crippen molar-refractivity contribution in [3.05, 3.63) is 60.2 Å². The van der Waals surface area contributed by atoms with E-state index in [1.807, 2.05) is 30.3 Å². The second-order valence-corrected chi connectivity index (χ2v) is 5.11. The Hall–Kier alpha value is -2.64. The lowest BCUT2D eigenvalue weighted by Crippen LogP contribution is -2.48. The van der Waals surface area contributed by atoms with Crippen molar-refractivity contribution in [1.29, 1.82) is 0 Å². The van der Waals surface area contributed by atoms with Crippen molar-refractivity contribution in [2.45, 2.75) is 12.4 Å². The number of hydrogen-bond donors (Lipinski definition) is 4. The van der Waals surface area contributed by atoms with Gasteiger partial charge in [-0.2, -0.15) is 0 Å². The number of benzene rings is 2. The van der Waals surface area contributed by atoms with Gasteiger partial charge in [0, 0.05) is 12.0 Å². The molecule has 0 aliphatic heterocycles. The van der Waals surface area contributed by atoms with E-state index in [1.165, 1.54) is 0 Å². The summed E-state index contributed by atoms with van der Waals surface area (Å²) in [6.07, 6.45) is -0.356. The molecule has 7 heteroatoms. The predicted molar refractivity (Wildman–Crippen MR) is 87.1 cm³/mol. The summed E-state index contributed by atoms with van der Waals surface area (Å²) in [4.78, 5) is 23.0. The van der Waals surface area contributed by atoms with Crippen LogP contribution in [0.3, 0.4) is 0 Å². The van der Waals surface area contributed by atoms with Gasteiger partial charge >= 0.3 is 7.12 Å². The number of primary amides is 1. The molecule has 1 atom stereocenters. The van der Waals surface area contributed by atoms with Gasteiger partial charge < -0.3 is 21.1 Å². The highest BCUT2D eigenvalue weighted by atomic mass is 16.4. The lowest BCUT2D eigenvalue weighted by molar-refractivity contribution is -0.118. The first-order valence-corrected chi connectivity index (χ1v) is 7.08. The van der Waals surface area contributed by atoms with Crippen LogP contribution in [0.25, 0.3) is 11.1 Å². The maximum absolute atomic E-state index is 12.1. The van der Waals surface area contributed by atoms with Gasteiger partial charge in [-0.1, -0.05) is 42.5 Å². The summed E-state index contributed by atoms with van der Waals surface area (Å²) < 4.78 is 0. The molecular weight excluding hydrogens is 295 g/mol. The van der Waals surface area contributed by atoms with Gasteiger partial charge in [0.15, 0.2) is 0 Å². The summed E-state index contributed by atoms with van der Waals surface area (Å²) >= 11 is 0. The van der Waals surface area contributed by atoms with Crippen molar-refractivity contribution in [3.8, 4) is 11.1 Å². The Morgan fingerprint density at radius 1 is 1.00 bits per heavy atom. The second kappa shape index (κ2) is 7.57. The predicted octanol–water partition coefficient (Wildman–Crippen LogP) is 0.339. The zero-order chi connectivity index (χ0) is 16.8. The van der Waals surface area contributed by atoms with Crippen molar-refractivity contribution >= 4 is 18.9 Å². The third-order valence-electron chi connectivity index (χ3n) is 3.35. The van der Waals surface area contributed by atoms with E-state index in [2.05, 4.69) is 5.32 Å². The van der Waals surface area contributed by atoms with Crippen LogP contribution in [-0.2, 0) is 4.79 Å². The number of nitrogens with one attached hydrogen (secondary N) is 1. The van der Waals surface area contributed by atoms with Crippen LogP contribution in [0.15, 0.2) is 54.6 Å². The minimum Gasteiger partial charge on any atom is -0.426 e. The molecule has 0 saturated heterocycles. The molecular formula is C16H17BN2O4. The Labute approximate surface area is 134 Å². The largest absolute Gasteiger partial charge is 0.476 e. The van der Waals surface area contributed by atoms with Crippen LogP contribution >= 0.6 is 0 Å². The number of amides is 2. The van der Waals surface area contributed by atoms with E-state index in [0.29, 0.717) is 5.56 Å². The van der Waals surface area contributed by atoms with E-state index in [-0.39, 0.29) is 6.42 Å². The summed E-state index contributed by atoms with van der Waals surface area (Å²) in [5, 5.41) is 20.7. The molecule has 2 amide bonds. The second-order valence-electron chi connectivity index (χ2n) is 5.11. The summed E-state index contributed by atoms with van der Waals surface area (Å²) in [5.41, 5.74) is 7.35. The van der Waals surface area contributed by atoms with Crippen LogP contribution in [0.4, 0.5) is 0 Å². The van der Waals surface area contributed by atoms with E-state index in [0.717, 1.165) is 11.1 Å². The van der Waals surface area contributed by atoms with Crippen LogP contribution in [0.2, 0.25) is 0 Å². The highest BCUT2D eigenvalue weighted by Gasteiger charge is 2.27. The fourth-order valence-electron chi connectivity index (χ4n) is 2.14. The van der Waals surface area contributed by atoms with Crippen molar-refractivity contribution in [3.63, 3.8) is 0 Å². The highest BCUT2D eigenvalue weighted by Crippen LogP contribution is 2.19. The molecule has 6 nitrogen and oxygen atoms in total. The zero-order valence-electron chi connectivity index (χ0n) is 12.3. The molecule has 2 aromatic carbocycles. The third kappa shape index (κ3) is 4.67. The van der Waals surface area contributed by atoms with Gasteiger partial charge in [0.1, 0.15) is 0 Å². The van der Waals surface area contributed by atoms with Crippen LogP contribution < -0.4 is 11.1 Å². The Bertz CT molecular complexity index is 674. The van der Waals surface area contributed by atoms with Gasteiger partial charge in [0.05, 0.1) is 5.94 Å². The monoisotopic (exact) mass is 312 g/mol. The minimum absolute atomic E-state index is 0.347. The van der Waals surface area contributed by atoms with E-state index < -0.39 is 24.9 Å². The lowest BCUT2D eigenvalue weighted by Gasteiger charge is -2.16. The summed E-state index contributed by atoms with van der Waals surface area (Å²) in [6.45, 7) is 0. The van der Waals surface area contributed by atoms with Crippen molar-refractivity contribution in [1.82, 2.24) is 5.32 Å². The van der Waals surface area contributed by atoms with Gasteiger partial charge in [-0.25, -0.2) is 0 Å². The molecule has 0 unspecified atom stereocenters. The van der Waals surface area contributed by atoms with Gasteiger partial charge in [0.25, 0.3) is 5.91 Å². The average molecular weight is 312 g/mol. The van der Waals surface area contributed by atoms with Gasteiger partial charge in [-0.3, -0.25) is 9.59 Å². The molecule has 0 aromatic heterocycles. The first kappa shape index (κ1) is 16.7. The van der Waals surface area contributed by atoms with Crippen LogP contribution in [0.5, 0.6) is 0 Å². The molecule has 0 aliphatic carbocycles. The molecule has 0 bridgehead atoms.